The van der Waals surface area contributed by atoms with Gasteiger partial charge in [-0.3, -0.25) is 5.32 Å². The third kappa shape index (κ3) is 5.77. The standard InChI is InChI=1S/C15H26N2O3/c1-15(2,16-3)17-11-12(18)9-10-20-14-8-6-5-7-13(14)19-4/h5-8,12,16-18H,9-11H2,1-4H3. The molecular formula is C15H26N2O3. The second-order valence-corrected chi connectivity index (χ2v) is 5.20. The Balaban J connectivity index is 2.30. The summed E-state index contributed by atoms with van der Waals surface area (Å²) in [6.45, 7) is 5.00. The van der Waals surface area contributed by atoms with Crippen molar-refractivity contribution in [2.75, 3.05) is 27.3 Å². The topological polar surface area (TPSA) is 62.8 Å². The highest BCUT2D eigenvalue weighted by molar-refractivity contribution is 5.39. The van der Waals surface area contributed by atoms with E-state index >= 15 is 0 Å². The lowest BCUT2D eigenvalue weighted by atomic mass is 10.2. The van der Waals surface area contributed by atoms with Gasteiger partial charge in [0.05, 0.1) is 25.5 Å². The Labute approximate surface area is 121 Å². The molecule has 0 aliphatic carbocycles. The molecule has 114 valence electrons. The minimum Gasteiger partial charge on any atom is -0.493 e. The molecule has 0 spiro atoms. The van der Waals surface area contributed by atoms with Crippen molar-refractivity contribution >= 4 is 0 Å². The van der Waals surface area contributed by atoms with E-state index in [0.717, 1.165) is 0 Å². The van der Waals surface area contributed by atoms with E-state index in [9.17, 15) is 5.11 Å². The number of aliphatic hydroxyl groups excluding tert-OH is 1. The fraction of sp³-hybridized carbons (Fsp3) is 0.600. The molecule has 0 saturated carbocycles. The van der Waals surface area contributed by atoms with Gasteiger partial charge in [-0.15, -0.1) is 0 Å². The van der Waals surface area contributed by atoms with Crippen LogP contribution in [-0.4, -0.2) is 44.2 Å². The number of ether oxygens (including phenoxy) is 2. The highest BCUT2D eigenvalue weighted by atomic mass is 16.5. The van der Waals surface area contributed by atoms with Crippen molar-refractivity contribution in [1.82, 2.24) is 10.6 Å². The zero-order chi connectivity index (χ0) is 15.0. The van der Waals surface area contributed by atoms with Crippen LogP contribution in [0.15, 0.2) is 24.3 Å². The van der Waals surface area contributed by atoms with Crippen molar-refractivity contribution in [2.24, 2.45) is 0 Å². The molecule has 5 heteroatoms. The van der Waals surface area contributed by atoms with E-state index in [1.807, 2.05) is 45.2 Å². The Morgan fingerprint density at radius 1 is 1.25 bits per heavy atom. The van der Waals surface area contributed by atoms with Gasteiger partial charge in [-0.05, 0) is 33.0 Å². The van der Waals surface area contributed by atoms with Gasteiger partial charge in [-0.2, -0.15) is 0 Å². The predicted octanol–water partition coefficient (Wildman–Crippen LogP) is 1.37. The van der Waals surface area contributed by atoms with Crippen LogP contribution in [0, 0.1) is 0 Å². The molecule has 0 saturated heterocycles. The minimum atomic E-state index is -0.447. The molecule has 0 aliphatic heterocycles. The first kappa shape index (κ1) is 16.8. The molecule has 0 fully saturated rings. The van der Waals surface area contributed by atoms with Crippen LogP contribution in [0.4, 0.5) is 0 Å². The van der Waals surface area contributed by atoms with Crippen LogP contribution < -0.4 is 20.1 Å². The second kappa shape index (κ2) is 8.09. The van der Waals surface area contributed by atoms with Gasteiger partial charge in [0.1, 0.15) is 0 Å². The summed E-state index contributed by atoms with van der Waals surface area (Å²) in [4.78, 5) is 0. The second-order valence-electron chi connectivity index (χ2n) is 5.20. The van der Waals surface area contributed by atoms with E-state index in [0.29, 0.717) is 31.1 Å². The number of aliphatic hydroxyl groups is 1. The quantitative estimate of drug-likeness (QED) is 0.597. The van der Waals surface area contributed by atoms with Gasteiger partial charge in [0.2, 0.25) is 0 Å². The third-order valence-corrected chi connectivity index (χ3v) is 3.18. The molecular weight excluding hydrogens is 256 g/mol. The lowest BCUT2D eigenvalue weighted by Crippen LogP contribution is -2.52. The Morgan fingerprint density at radius 2 is 1.90 bits per heavy atom. The third-order valence-electron chi connectivity index (χ3n) is 3.18. The molecule has 0 bridgehead atoms. The average Bonchev–Trinajstić information content (AvgIpc) is 2.46. The van der Waals surface area contributed by atoms with E-state index in [2.05, 4.69) is 10.6 Å². The van der Waals surface area contributed by atoms with E-state index in [1.165, 1.54) is 0 Å². The summed E-state index contributed by atoms with van der Waals surface area (Å²) in [6, 6.07) is 7.49. The van der Waals surface area contributed by atoms with Crippen molar-refractivity contribution in [3.63, 3.8) is 0 Å². The zero-order valence-corrected chi connectivity index (χ0v) is 12.8. The maximum atomic E-state index is 9.91. The van der Waals surface area contributed by atoms with E-state index < -0.39 is 6.10 Å². The van der Waals surface area contributed by atoms with Gasteiger partial charge < -0.3 is 19.9 Å². The fourth-order valence-electron chi connectivity index (χ4n) is 1.61. The number of rotatable bonds is 9. The predicted molar refractivity (Wildman–Crippen MR) is 80.3 cm³/mol. The van der Waals surface area contributed by atoms with Crippen molar-refractivity contribution in [1.29, 1.82) is 0 Å². The van der Waals surface area contributed by atoms with Crippen LogP contribution in [0.25, 0.3) is 0 Å². The van der Waals surface area contributed by atoms with Crippen LogP contribution in [0.1, 0.15) is 20.3 Å². The number of hydrogen-bond donors (Lipinski definition) is 3. The Morgan fingerprint density at radius 3 is 2.50 bits per heavy atom. The first-order valence-electron chi connectivity index (χ1n) is 6.86. The molecule has 1 atom stereocenters. The number of benzene rings is 1. The van der Waals surface area contributed by atoms with Gasteiger partial charge in [0.25, 0.3) is 0 Å². The molecule has 0 aromatic heterocycles. The van der Waals surface area contributed by atoms with Crippen LogP contribution in [-0.2, 0) is 0 Å². The molecule has 1 rings (SSSR count). The molecule has 5 nitrogen and oxygen atoms in total. The summed E-state index contributed by atoms with van der Waals surface area (Å²) in [5, 5.41) is 16.3. The molecule has 20 heavy (non-hydrogen) atoms. The number of hydrogen-bond acceptors (Lipinski definition) is 5. The van der Waals surface area contributed by atoms with E-state index in [4.69, 9.17) is 9.47 Å². The van der Waals surface area contributed by atoms with Crippen molar-refractivity contribution in [3.8, 4) is 11.5 Å². The normalized spacial score (nSPS) is 13.1. The van der Waals surface area contributed by atoms with Crippen molar-refractivity contribution in [2.45, 2.75) is 32.0 Å². The average molecular weight is 282 g/mol. The molecule has 0 heterocycles. The van der Waals surface area contributed by atoms with Gasteiger partial charge in [-0.25, -0.2) is 0 Å². The molecule has 0 radical (unpaired) electrons. The van der Waals surface area contributed by atoms with Gasteiger partial charge in [0, 0.05) is 13.0 Å². The van der Waals surface area contributed by atoms with Crippen molar-refractivity contribution in [3.05, 3.63) is 24.3 Å². The molecule has 1 unspecified atom stereocenters. The Hall–Kier alpha value is -1.30. The SMILES string of the molecule is CNC(C)(C)NCC(O)CCOc1ccccc1OC. The maximum absolute atomic E-state index is 9.91. The number of para-hydroxylation sites is 2. The van der Waals surface area contributed by atoms with Crippen molar-refractivity contribution < 1.29 is 14.6 Å². The molecule has 1 aromatic carbocycles. The van der Waals surface area contributed by atoms with Crippen LogP contribution in [0.5, 0.6) is 11.5 Å². The summed E-state index contributed by atoms with van der Waals surface area (Å²) < 4.78 is 10.8. The molecule has 3 N–H and O–H groups in total. The van der Waals surface area contributed by atoms with Crippen LogP contribution in [0.3, 0.4) is 0 Å². The fourth-order valence-corrected chi connectivity index (χ4v) is 1.61. The lowest BCUT2D eigenvalue weighted by molar-refractivity contribution is 0.124. The van der Waals surface area contributed by atoms with E-state index in [1.54, 1.807) is 7.11 Å². The smallest absolute Gasteiger partial charge is 0.161 e. The van der Waals surface area contributed by atoms with Crippen LogP contribution >= 0.6 is 0 Å². The first-order valence-corrected chi connectivity index (χ1v) is 6.86. The van der Waals surface area contributed by atoms with Crippen LogP contribution in [0.2, 0.25) is 0 Å². The summed E-state index contributed by atoms with van der Waals surface area (Å²) in [6.07, 6.45) is 0.113. The zero-order valence-electron chi connectivity index (χ0n) is 12.8. The van der Waals surface area contributed by atoms with Gasteiger partial charge in [0.15, 0.2) is 11.5 Å². The summed E-state index contributed by atoms with van der Waals surface area (Å²) >= 11 is 0. The van der Waals surface area contributed by atoms with E-state index in [-0.39, 0.29) is 5.66 Å². The highest BCUT2D eigenvalue weighted by Gasteiger charge is 2.15. The molecule has 0 amide bonds. The minimum absolute atomic E-state index is 0.190. The maximum Gasteiger partial charge on any atom is 0.161 e. The first-order chi connectivity index (χ1) is 9.48. The summed E-state index contributed by atoms with van der Waals surface area (Å²) in [5.41, 5.74) is -0.190. The number of nitrogens with one attached hydrogen (secondary N) is 2. The summed E-state index contributed by atoms with van der Waals surface area (Å²) in [7, 11) is 3.49. The largest absolute Gasteiger partial charge is 0.493 e. The highest BCUT2D eigenvalue weighted by Crippen LogP contribution is 2.25. The molecule has 0 aliphatic rings. The lowest BCUT2D eigenvalue weighted by Gasteiger charge is -2.27. The van der Waals surface area contributed by atoms with Gasteiger partial charge in [-0.1, -0.05) is 12.1 Å². The summed E-state index contributed by atoms with van der Waals surface area (Å²) in [5.74, 6) is 1.40. The molecule has 1 aromatic rings. The monoisotopic (exact) mass is 282 g/mol. The Kier molecular flexibility index (Phi) is 6.78. The Bertz CT molecular complexity index is 396. The number of methoxy groups -OCH3 is 1. The van der Waals surface area contributed by atoms with Gasteiger partial charge >= 0.3 is 0 Å².